The van der Waals surface area contributed by atoms with E-state index in [-0.39, 0.29) is 30.6 Å². The van der Waals surface area contributed by atoms with Crippen LogP contribution >= 0.6 is 0 Å². The van der Waals surface area contributed by atoms with Crippen LogP contribution in [-0.2, 0) is 9.53 Å². The van der Waals surface area contributed by atoms with Crippen LogP contribution < -0.4 is 5.32 Å². The van der Waals surface area contributed by atoms with Crippen molar-refractivity contribution in [2.45, 2.75) is 58.2 Å². The monoisotopic (exact) mass is 272 g/mol. The van der Waals surface area contributed by atoms with Crippen LogP contribution in [-0.4, -0.2) is 53.3 Å². The highest BCUT2D eigenvalue weighted by molar-refractivity contribution is 5.76. The molecular formula is C13H24N2O4. The summed E-state index contributed by atoms with van der Waals surface area (Å²) in [6, 6.07) is -0.336. The van der Waals surface area contributed by atoms with Gasteiger partial charge in [-0.05, 0) is 33.6 Å². The summed E-state index contributed by atoms with van der Waals surface area (Å²) in [5, 5.41) is 11.7. The van der Waals surface area contributed by atoms with Crippen molar-refractivity contribution in [3.63, 3.8) is 0 Å². The van der Waals surface area contributed by atoms with E-state index in [1.807, 2.05) is 13.8 Å². The van der Waals surface area contributed by atoms with Crippen LogP contribution in [0.1, 0.15) is 40.0 Å². The van der Waals surface area contributed by atoms with Crippen LogP contribution in [0.15, 0.2) is 0 Å². The predicted molar refractivity (Wildman–Crippen MR) is 71.1 cm³/mol. The number of nitrogens with one attached hydrogen (secondary N) is 1. The average molecular weight is 272 g/mol. The highest BCUT2D eigenvalue weighted by Gasteiger charge is 2.32. The lowest BCUT2D eigenvalue weighted by Gasteiger charge is -2.37. The lowest BCUT2D eigenvalue weighted by molar-refractivity contribution is -0.138. The number of carboxylic acids is 1. The minimum Gasteiger partial charge on any atom is -0.481 e. The molecule has 2 N–H and O–H groups in total. The molecule has 1 fully saturated rings. The van der Waals surface area contributed by atoms with Gasteiger partial charge < -0.3 is 20.1 Å². The molecule has 1 saturated carbocycles. The minimum atomic E-state index is -0.890. The van der Waals surface area contributed by atoms with Crippen molar-refractivity contribution >= 4 is 12.0 Å². The zero-order chi connectivity index (χ0) is 14.4. The molecule has 19 heavy (non-hydrogen) atoms. The molecule has 0 heterocycles. The van der Waals surface area contributed by atoms with Crippen LogP contribution in [0.5, 0.6) is 0 Å². The second kappa shape index (κ2) is 7.33. The van der Waals surface area contributed by atoms with E-state index in [4.69, 9.17) is 9.84 Å². The predicted octanol–water partition coefficient (Wildman–Crippen LogP) is 1.45. The van der Waals surface area contributed by atoms with Crippen molar-refractivity contribution in [3.8, 4) is 0 Å². The van der Waals surface area contributed by atoms with Crippen molar-refractivity contribution < 1.29 is 19.4 Å². The smallest absolute Gasteiger partial charge is 0.317 e. The first-order valence-corrected chi connectivity index (χ1v) is 6.88. The Morgan fingerprint density at radius 3 is 2.53 bits per heavy atom. The molecule has 110 valence electrons. The Labute approximate surface area is 114 Å². The topological polar surface area (TPSA) is 78.9 Å². The SMILES string of the molecule is CCOC1CC(NC(=O)N(CC)C(C)CC(=O)O)C1. The minimum absolute atomic E-state index is 0.0342. The molecule has 0 spiro atoms. The number of amides is 2. The molecule has 1 atom stereocenters. The Morgan fingerprint density at radius 1 is 1.42 bits per heavy atom. The Balaban J connectivity index is 2.36. The van der Waals surface area contributed by atoms with Crippen molar-refractivity contribution in [2.24, 2.45) is 0 Å². The van der Waals surface area contributed by atoms with Gasteiger partial charge in [-0.3, -0.25) is 4.79 Å². The van der Waals surface area contributed by atoms with Crippen LogP contribution in [0.25, 0.3) is 0 Å². The maximum Gasteiger partial charge on any atom is 0.317 e. The molecule has 0 bridgehead atoms. The third kappa shape index (κ3) is 4.70. The van der Waals surface area contributed by atoms with Crippen LogP contribution in [0.3, 0.4) is 0 Å². The van der Waals surface area contributed by atoms with E-state index < -0.39 is 5.97 Å². The molecule has 0 aromatic rings. The Bertz CT molecular complexity index is 316. The summed E-state index contributed by atoms with van der Waals surface area (Å²) in [7, 11) is 0. The second-order valence-corrected chi connectivity index (χ2v) is 4.93. The number of carbonyl (C=O) groups is 2. The molecule has 6 nitrogen and oxygen atoms in total. The number of aliphatic carboxylic acids is 1. The summed E-state index contributed by atoms with van der Waals surface area (Å²) in [5.74, 6) is -0.890. The van der Waals surface area contributed by atoms with Gasteiger partial charge >= 0.3 is 12.0 Å². The number of urea groups is 1. The largest absolute Gasteiger partial charge is 0.481 e. The maximum absolute atomic E-state index is 12.0. The third-order valence-electron chi connectivity index (χ3n) is 3.43. The zero-order valence-corrected chi connectivity index (χ0v) is 11.9. The highest BCUT2D eigenvalue weighted by Crippen LogP contribution is 2.23. The average Bonchev–Trinajstić information content (AvgIpc) is 2.26. The van der Waals surface area contributed by atoms with E-state index >= 15 is 0 Å². The summed E-state index contributed by atoms with van der Waals surface area (Å²) in [6.07, 6.45) is 1.89. The van der Waals surface area contributed by atoms with E-state index in [0.717, 1.165) is 12.8 Å². The van der Waals surface area contributed by atoms with Crippen LogP contribution in [0.2, 0.25) is 0 Å². The molecule has 1 aliphatic rings. The number of ether oxygens (including phenoxy) is 1. The molecule has 0 radical (unpaired) electrons. The lowest BCUT2D eigenvalue weighted by atomic mass is 9.89. The van der Waals surface area contributed by atoms with Crippen molar-refractivity contribution in [1.82, 2.24) is 10.2 Å². The maximum atomic E-state index is 12.0. The fourth-order valence-corrected chi connectivity index (χ4v) is 2.33. The van der Waals surface area contributed by atoms with E-state index in [9.17, 15) is 9.59 Å². The highest BCUT2D eigenvalue weighted by atomic mass is 16.5. The van der Waals surface area contributed by atoms with E-state index in [0.29, 0.717) is 13.2 Å². The number of hydrogen-bond donors (Lipinski definition) is 2. The Hall–Kier alpha value is -1.30. The van der Waals surface area contributed by atoms with Crippen molar-refractivity contribution in [2.75, 3.05) is 13.2 Å². The third-order valence-corrected chi connectivity index (χ3v) is 3.43. The Morgan fingerprint density at radius 2 is 2.05 bits per heavy atom. The standard InChI is InChI=1S/C13H24N2O4/c1-4-15(9(3)6-12(16)17)13(18)14-10-7-11(8-10)19-5-2/h9-11H,4-8H2,1-3H3,(H,14,18)(H,16,17). The number of rotatable bonds is 7. The lowest BCUT2D eigenvalue weighted by Crippen LogP contribution is -2.54. The van der Waals surface area contributed by atoms with Gasteiger partial charge in [0.2, 0.25) is 0 Å². The zero-order valence-electron chi connectivity index (χ0n) is 11.9. The molecule has 0 aromatic heterocycles. The van der Waals surface area contributed by atoms with Crippen LogP contribution in [0.4, 0.5) is 4.79 Å². The quantitative estimate of drug-likeness (QED) is 0.735. The van der Waals surface area contributed by atoms with Gasteiger partial charge in [-0.25, -0.2) is 4.79 Å². The van der Waals surface area contributed by atoms with Gasteiger partial charge in [0.25, 0.3) is 0 Å². The number of nitrogens with zero attached hydrogens (tertiary/aromatic N) is 1. The number of carboxylic acid groups (broad SMARTS) is 1. The van der Waals surface area contributed by atoms with Crippen molar-refractivity contribution in [3.05, 3.63) is 0 Å². The molecular weight excluding hydrogens is 248 g/mol. The second-order valence-electron chi connectivity index (χ2n) is 4.93. The van der Waals surface area contributed by atoms with Gasteiger partial charge in [0.15, 0.2) is 0 Å². The summed E-state index contributed by atoms with van der Waals surface area (Å²) < 4.78 is 5.43. The molecule has 1 unspecified atom stereocenters. The molecule has 1 rings (SSSR count). The first-order chi connectivity index (χ1) is 8.97. The summed E-state index contributed by atoms with van der Waals surface area (Å²) >= 11 is 0. The summed E-state index contributed by atoms with van der Waals surface area (Å²) in [6.45, 7) is 6.75. The Kier molecular flexibility index (Phi) is 6.08. The first-order valence-electron chi connectivity index (χ1n) is 6.88. The molecule has 6 heteroatoms. The first kappa shape index (κ1) is 15.8. The molecule has 0 aromatic carbocycles. The fourth-order valence-electron chi connectivity index (χ4n) is 2.33. The summed E-state index contributed by atoms with van der Waals surface area (Å²) in [4.78, 5) is 24.3. The van der Waals surface area contributed by atoms with Gasteiger partial charge in [0, 0.05) is 25.2 Å². The molecule has 1 aliphatic carbocycles. The normalized spacial score (nSPS) is 23.3. The fraction of sp³-hybridized carbons (Fsp3) is 0.846. The summed E-state index contributed by atoms with van der Waals surface area (Å²) in [5.41, 5.74) is 0. The van der Waals surface area contributed by atoms with Gasteiger partial charge in [-0.1, -0.05) is 0 Å². The van der Waals surface area contributed by atoms with E-state index in [1.165, 1.54) is 0 Å². The van der Waals surface area contributed by atoms with E-state index in [2.05, 4.69) is 5.32 Å². The van der Waals surface area contributed by atoms with Gasteiger partial charge in [0.1, 0.15) is 0 Å². The van der Waals surface area contributed by atoms with Gasteiger partial charge in [0.05, 0.1) is 12.5 Å². The number of hydrogen-bond acceptors (Lipinski definition) is 3. The molecule has 0 saturated heterocycles. The molecule has 2 amide bonds. The van der Waals surface area contributed by atoms with Crippen LogP contribution in [0, 0.1) is 0 Å². The van der Waals surface area contributed by atoms with E-state index in [1.54, 1.807) is 11.8 Å². The van der Waals surface area contributed by atoms with Gasteiger partial charge in [-0.2, -0.15) is 0 Å². The number of carbonyl (C=O) groups excluding carboxylic acids is 1. The van der Waals surface area contributed by atoms with Crippen molar-refractivity contribution in [1.29, 1.82) is 0 Å². The van der Waals surface area contributed by atoms with Gasteiger partial charge in [-0.15, -0.1) is 0 Å². The molecule has 0 aliphatic heterocycles.